The summed E-state index contributed by atoms with van der Waals surface area (Å²) in [7, 11) is 0. The van der Waals surface area contributed by atoms with Gasteiger partial charge in [0.05, 0.1) is 6.61 Å². The summed E-state index contributed by atoms with van der Waals surface area (Å²) in [5, 5.41) is 10.3. The molecule has 20 heavy (non-hydrogen) atoms. The predicted octanol–water partition coefficient (Wildman–Crippen LogP) is 3.66. The van der Waals surface area contributed by atoms with E-state index in [4.69, 9.17) is 4.74 Å². The summed E-state index contributed by atoms with van der Waals surface area (Å²) < 4.78 is 5.45. The molecule has 112 valence electrons. The van der Waals surface area contributed by atoms with Crippen LogP contribution in [0.25, 0.3) is 0 Å². The van der Waals surface area contributed by atoms with E-state index in [1.54, 1.807) is 0 Å². The van der Waals surface area contributed by atoms with Crippen LogP contribution in [0.5, 0.6) is 11.5 Å². The fourth-order valence-corrected chi connectivity index (χ4v) is 2.89. The highest BCUT2D eigenvalue weighted by atomic mass is 16.5. The van der Waals surface area contributed by atoms with Gasteiger partial charge >= 0.3 is 0 Å². The highest BCUT2D eigenvalue weighted by Crippen LogP contribution is 2.36. The number of benzene rings is 1. The van der Waals surface area contributed by atoms with Crippen molar-refractivity contribution in [2.45, 2.75) is 40.7 Å². The molecule has 1 unspecified atom stereocenters. The number of ether oxygens (including phenoxy) is 1. The van der Waals surface area contributed by atoms with Crippen molar-refractivity contribution in [3.05, 3.63) is 23.8 Å². The van der Waals surface area contributed by atoms with E-state index >= 15 is 0 Å². The third-order valence-electron chi connectivity index (χ3n) is 4.27. The van der Waals surface area contributed by atoms with Crippen LogP contribution in [0.1, 0.15) is 39.7 Å². The minimum atomic E-state index is 0.300. The molecule has 0 spiro atoms. The number of para-hydroxylation sites is 1. The molecular formula is C17H27NO2. The Morgan fingerprint density at radius 3 is 2.70 bits per heavy atom. The molecule has 1 heterocycles. The SMILES string of the molecule is CCOc1cccc(CN2CCC(C(C)(C)C)C2)c1O. The van der Waals surface area contributed by atoms with Gasteiger partial charge in [-0.05, 0) is 37.3 Å². The molecule has 1 aliphatic heterocycles. The van der Waals surface area contributed by atoms with Gasteiger partial charge in [0.2, 0.25) is 0 Å². The molecule has 3 heteroatoms. The molecule has 1 aromatic rings. The highest BCUT2D eigenvalue weighted by Gasteiger charge is 2.31. The molecule has 2 rings (SSSR count). The first-order valence-corrected chi connectivity index (χ1v) is 7.57. The van der Waals surface area contributed by atoms with Gasteiger partial charge in [-0.15, -0.1) is 0 Å². The lowest BCUT2D eigenvalue weighted by molar-refractivity contribution is 0.225. The summed E-state index contributed by atoms with van der Waals surface area (Å²) in [6, 6.07) is 5.77. The van der Waals surface area contributed by atoms with Crippen molar-refractivity contribution < 1.29 is 9.84 Å². The number of nitrogens with zero attached hydrogens (tertiary/aromatic N) is 1. The number of phenolic OH excluding ortho intramolecular Hbond substituents is 1. The molecule has 0 amide bonds. The van der Waals surface area contributed by atoms with Gasteiger partial charge in [-0.2, -0.15) is 0 Å². The van der Waals surface area contributed by atoms with E-state index in [0.29, 0.717) is 23.5 Å². The van der Waals surface area contributed by atoms with E-state index in [0.717, 1.165) is 31.1 Å². The average molecular weight is 277 g/mol. The zero-order chi connectivity index (χ0) is 14.8. The van der Waals surface area contributed by atoms with Crippen LogP contribution in [0.3, 0.4) is 0 Å². The first-order chi connectivity index (χ1) is 9.41. The number of hydrogen-bond donors (Lipinski definition) is 1. The van der Waals surface area contributed by atoms with Crippen LogP contribution >= 0.6 is 0 Å². The number of phenols is 1. The van der Waals surface area contributed by atoms with E-state index in [2.05, 4.69) is 25.7 Å². The maximum absolute atomic E-state index is 10.3. The second-order valence-corrected chi connectivity index (χ2v) is 6.78. The van der Waals surface area contributed by atoms with Crippen LogP contribution in [0.2, 0.25) is 0 Å². The third-order valence-corrected chi connectivity index (χ3v) is 4.27. The molecule has 0 bridgehead atoms. The summed E-state index contributed by atoms with van der Waals surface area (Å²) in [4.78, 5) is 2.43. The summed E-state index contributed by atoms with van der Waals surface area (Å²) in [5.41, 5.74) is 1.33. The van der Waals surface area contributed by atoms with Gasteiger partial charge in [0.25, 0.3) is 0 Å². The molecule has 1 N–H and O–H groups in total. The second kappa shape index (κ2) is 6.04. The van der Waals surface area contributed by atoms with Crippen LogP contribution < -0.4 is 4.74 Å². The van der Waals surface area contributed by atoms with Crippen molar-refractivity contribution in [3.63, 3.8) is 0 Å². The Morgan fingerprint density at radius 1 is 1.35 bits per heavy atom. The largest absolute Gasteiger partial charge is 0.504 e. The average Bonchev–Trinajstić information content (AvgIpc) is 2.83. The van der Waals surface area contributed by atoms with E-state index in [9.17, 15) is 5.11 Å². The molecule has 1 fully saturated rings. The van der Waals surface area contributed by atoms with Gasteiger partial charge in [-0.3, -0.25) is 4.90 Å². The number of aromatic hydroxyl groups is 1. The Balaban J connectivity index is 2.03. The van der Waals surface area contributed by atoms with Crippen LogP contribution in [-0.2, 0) is 6.54 Å². The van der Waals surface area contributed by atoms with Crippen LogP contribution in [0, 0.1) is 11.3 Å². The summed E-state index contributed by atoms with van der Waals surface area (Å²) in [6.45, 7) is 12.5. The van der Waals surface area contributed by atoms with Crippen LogP contribution in [-0.4, -0.2) is 29.7 Å². The Morgan fingerprint density at radius 2 is 2.10 bits per heavy atom. The number of hydrogen-bond acceptors (Lipinski definition) is 3. The Bertz CT molecular complexity index is 451. The minimum absolute atomic E-state index is 0.300. The predicted molar refractivity (Wildman–Crippen MR) is 82.1 cm³/mol. The smallest absolute Gasteiger partial charge is 0.162 e. The van der Waals surface area contributed by atoms with Gasteiger partial charge in [0.15, 0.2) is 11.5 Å². The van der Waals surface area contributed by atoms with Crippen LogP contribution in [0.4, 0.5) is 0 Å². The highest BCUT2D eigenvalue weighted by molar-refractivity contribution is 5.45. The molecule has 1 atom stereocenters. The Hall–Kier alpha value is -1.22. The normalized spacial score (nSPS) is 20.3. The fraction of sp³-hybridized carbons (Fsp3) is 0.647. The summed E-state index contributed by atoms with van der Waals surface area (Å²) >= 11 is 0. The lowest BCUT2D eigenvalue weighted by Crippen LogP contribution is -2.25. The number of rotatable bonds is 4. The van der Waals surface area contributed by atoms with E-state index in [1.165, 1.54) is 6.42 Å². The first-order valence-electron chi connectivity index (χ1n) is 7.57. The van der Waals surface area contributed by atoms with Gasteiger partial charge in [0, 0.05) is 18.7 Å². The summed E-state index contributed by atoms with van der Waals surface area (Å²) in [6.07, 6.45) is 1.25. The lowest BCUT2D eigenvalue weighted by atomic mass is 9.80. The Labute approximate surface area is 122 Å². The molecule has 3 nitrogen and oxygen atoms in total. The monoisotopic (exact) mass is 277 g/mol. The molecular weight excluding hydrogens is 250 g/mol. The van der Waals surface area contributed by atoms with Crippen molar-refractivity contribution in [1.29, 1.82) is 0 Å². The van der Waals surface area contributed by atoms with E-state index in [-0.39, 0.29) is 0 Å². The number of likely N-dealkylation sites (tertiary alicyclic amines) is 1. The standard InChI is InChI=1S/C17H27NO2/c1-5-20-15-8-6-7-13(16(15)19)11-18-10-9-14(12-18)17(2,3)4/h6-8,14,19H,5,9-12H2,1-4H3. The molecule has 1 aliphatic rings. The summed E-state index contributed by atoms with van der Waals surface area (Å²) in [5.74, 6) is 1.63. The van der Waals surface area contributed by atoms with Gasteiger partial charge in [-0.1, -0.05) is 32.9 Å². The maximum atomic E-state index is 10.3. The quantitative estimate of drug-likeness (QED) is 0.911. The van der Waals surface area contributed by atoms with Crippen molar-refractivity contribution in [1.82, 2.24) is 4.90 Å². The van der Waals surface area contributed by atoms with Gasteiger partial charge in [0.1, 0.15) is 0 Å². The topological polar surface area (TPSA) is 32.7 Å². The zero-order valence-electron chi connectivity index (χ0n) is 13.1. The molecule has 0 radical (unpaired) electrons. The van der Waals surface area contributed by atoms with Crippen LogP contribution in [0.15, 0.2) is 18.2 Å². The fourth-order valence-electron chi connectivity index (χ4n) is 2.89. The molecule has 0 saturated carbocycles. The third kappa shape index (κ3) is 3.45. The van der Waals surface area contributed by atoms with Crippen molar-refractivity contribution >= 4 is 0 Å². The van der Waals surface area contributed by atoms with Crippen molar-refractivity contribution in [2.24, 2.45) is 11.3 Å². The molecule has 0 aromatic heterocycles. The van der Waals surface area contributed by atoms with Crippen molar-refractivity contribution in [3.8, 4) is 11.5 Å². The molecule has 1 saturated heterocycles. The first kappa shape index (κ1) is 15.2. The van der Waals surface area contributed by atoms with Gasteiger partial charge < -0.3 is 9.84 Å². The maximum Gasteiger partial charge on any atom is 0.162 e. The minimum Gasteiger partial charge on any atom is -0.504 e. The second-order valence-electron chi connectivity index (χ2n) is 6.78. The zero-order valence-corrected chi connectivity index (χ0v) is 13.1. The van der Waals surface area contributed by atoms with Crippen molar-refractivity contribution in [2.75, 3.05) is 19.7 Å². The molecule has 0 aliphatic carbocycles. The van der Waals surface area contributed by atoms with E-state index in [1.807, 2.05) is 25.1 Å². The lowest BCUT2D eigenvalue weighted by Gasteiger charge is -2.27. The Kier molecular flexibility index (Phi) is 4.59. The molecule has 1 aromatic carbocycles. The van der Waals surface area contributed by atoms with E-state index < -0.39 is 0 Å². The van der Waals surface area contributed by atoms with Gasteiger partial charge in [-0.25, -0.2) is 0 Å².